The van der Waals surface area contributed by atoms with E-state index in [0.29, 0.717) is 5.65 Å². The molecule has 6 nitrogen and oxygen atoms in total. The molecule has 2 aliphatic heterocycles. The van der Waals surface area contributed by atoms with Crippen LogP contribution in [0.25, 0.3) is 11.0 Å². The lowest BCUT2D eigenvalue weighted by Crippen LogP contribution is -2.28. The van der Waals surface area contributed by atoms with E-state index in [1.807, 2.05) is 20.8 Å². The Kier molecular flexibility index (Phi) is 3.39. The first-order chi connectivity index (χ1) is 10.9. The van der Waals surface area contributed by atoms with Gasteiger partial charge >= 0.3 is 0 Å². The van der Waals surface area contributed by atoms with Gasteiger partial charge in [0, 0.05) is 6.20 Å². The van der Waals surface area contributed by atoms with Gasteiger partial charge in [0.25, 0.3) is 0 Å². The first-order valence-corrected chi connectivity index (χ1v) is 7.96. The van der Waals surface area contributed by atoms with E-state index in [1.54, 1.807) is 4.57 Å². The van der Waals surface area contributed by atoms with Crippen molar-refractivity contribution in [3.05, 3.63) is 23.5 Å². The summed E-state index contributed by atoms with van der Waals surface area (Å²) in [5, 5.41) is 0.268. The van der Waals surface area contributed by atoms with Gasteiger partial charge in [0.2, 0.25) is 0 Å². The van der Waals surface area contributed by atoms with E-state index in [2.05, 4.69) is 9.97 Å². The minimum Gasteiger partial charge on any atom is -0.349 e. The van der Waals surface area contributed by atoms with E-state index in [4.69, 9.17) is 25.8 Å². The predicted octanol–water partition coefficient (Wildman–Crippen LogP) is 3.05. The van der Waals surface area contributed by atoms with E-state index in [9.17, 15) is 4.39 Å². The number of nitrogens with zero attached hydrogens (tertiary/aromatic N) is 3. The molecule has 2 aliphatic rings. The maximum absolute atomic E-state index is 14.3. The summed E-state index contributed by atoms with van der Waals surface area (Å²) in [6, 6.07) is 0. The van der Waals surface area contributed by atoms with Crippen molar-refractivity contribution in [1.82, 2.24) is 14.5 Å². The van der Waals surface area contributed by atoms with Gasteiger partial charge < -0.3 is 18.8 Å². The van der Waals surface area contributed by atoms with Gasteiger partial charge in [0.15, 0.2) is 17.8 Å². The standard InChI is InChI=1S/C15H17ClFN3O3/c1-4-8-10-11(23-15(2,3)22-10)14(21-8)20-5-7(17)9-12(16)18-6-19-13(9)20/h5-6,8,10-11,14H,4H2,1-3H3/t8-,10-,11-,14-/m1/s1. The molecule has 23 heavy (non-hydrogen) atoms. The molecule has 124 valence electrons. The fourth-order valence-corrected chi connectivity index (χ4v) is 3.63. The van der Waals surface area contributed by atoms with E-state index in [1.165, 1.54) is 12.5 Å². The molecular formula is C15H17ClFN3O3. The van der Waals surface area contributed by atoms with Crippen molar-refractivity contribution in [3.63, 3.8) is 0 Å². The van der Waals surface area contributed by atoms with Gasteiger partial charge in [-0.25, -0.2) is 14.4 Å². The van der Waals surface area contributed by atoms with E-state index >= 15 is 0 Å². The van der Waals surface area contributed by atoms with Crippen LogP contribution in [0.1, 0.15) is 33.4 Å². The van der Waals surface area contributed by atoms with Crippen molar-refractivity contribution < 1.29 is 18.6 Å². The Morgan fingerprint density at radius 1 is 1.30 bits per heavy atom. The highest BCUT2D eigenvalue weighted by molar-refractivity contribution is 6.34. The van der Waals surface area contributed by atoms with Gasteiger partial charge in [-0.3, -0.25) is 0 Å². The molecule has 0 aromatic carbocycles. The second kappa shape index (κ2) is 5.11. The van der Waals surface area contributed by atoms with Gasteiger partial charge in [-0.05, 0) is 20.3 Å². The van der Waals surface area contributed by atoms with Crippen LogP contribution in [0.15, 0.2) is 12.5 Å². The summed E-state index contributed by atoms with van der Waals surface area (Å²) in [7, 11) is 0. The highest BCUT2D eigenvalue weighted by Crippen LogP contribution is 2.45. The van der Waals surface area contributed by atoms with Crippen LogP contribution in [-0.4, -0.2) is 38.6 Å². The van der Waals surface area contributed by atoms with E-state index in [0.717, 1.165) is 6.42 Å². The van der Waals surface area contributed by atoms with Gasteiger partial charge in [-0.2, -0.15) is 0 Å². The Hall–Kier alpha value is -1.28. The third-order valence-electron chi connectivity index (χ3n) is 4.32. The Morgan fingerprint density at radius 2 is 2.04 bits per heavy atom. The summed E-state index contributed by atoms with van der Waals surface area (Å²) in [6.45, 7) is 5.75. The normalized spacial score (nSPS) is 32.6. The monoisotopic (exact) mass is 341 g/mol. The van der Waals surface area contributed by atoms with Crippen molar-refractivity contribution in [3.8, 4) is 0 Å². The summed E-state index contributed by atoms with van der Waals surface area (Å²) in [5.41, 5.74) is 0.385. The number of rotatable bonds is 2. The zero-order valence-corrected chi connectivity index (χ0v) is 13.7. The molecule has 0 saturated carbocycles. The zero-order chi connectivity index (χ0) is 16.4. The van der Waals surface area contributed by atoms with Crippen molar-refractivity contribution in [1.29, 1.82) is 0 Å². The molecule has 4 rings (SSSR count). The van der Waals surface area contributed by atoms with Crippen LogP contribution in [0.5, 0.6) is 0 Å². The molecule has 0 aliphatic carbocycles. The Bertz CT molecular complexity index is 766. The van der Waals surface area contributed by atoms with Crippen LogP contribution in [0.3, 0.4) is 0 Å². The maximum atomic E-state index is 14.3. The molecule has 0 N–H and O–H groups in total. The van der Waals surface area contributed by atoms with Gasteiger partial charge in [0.05, 0.1) is 11.5 Å². The molecule has 0 spiro atoms. The fraction of sp³-hybridized carbons (Fsp3) is 0.600. The number of hydrogen-bond donors (Lipinski definition) is 0. The molecule has 4 heterocycles. The average molecular weight is 342 g/mol. The van der Waals surface area contributed by atoms with Gasteiger partial charge in [-0.15, -0.1) is 0 Å². The van der Waals surface area contributed by atoms with Crippen LogP contribution >= 0.6 is 11.6 Å². The number of ether oxygens (including phenoxy) is 3. The summed E-state index contributed by atoms with van der Waals surface area (Å²) in [4.78, 5) is 7.99. The quantitative estimate of drug-likeness (QED) is 0.786. The maximum Gasteiger partial charge on any atom is 0.164 e. The smallest absolute Gasteiger partial charge is 0.164 e. The average Bonchev–Trinajstić information content (AvgIpc) is 3.08. The zero-order valence-electron chi connectivity index (χ0n) is 13.0. The first kappa shape index (κ1) is 15.3. The molecule has 2 fully saturated rings. The fourth-order valence-electron chi connectivity index (χ4n) is 3.41. The molecule has 0 amide bonds. The van der Waals surface area contributed by atoms with Crippen LogP contribution in [0.2, 0.25) is 5.15 Å². The number of aromatic nitrogens is 3. The van der Waals surface area contributed by atoms with Crippen LogP contribution in [0.4, 0.5) is 4.39 Å². The van der Waals surface area contributed by atoms with Crippen LogP contribution in [-0.2, 0) is 14.2 Å². The largest absolute Gasteiger partial charge is 0.349 e. The summed E-state index contributed by atoms with van der Waals surface area (Å²) in [5.74, 6) is -1.18. The SMILES string of the molecule is CC[C@H]1O[C@@H](n2cc(F)c3c(Cl)ncnc32)[C@@H]2OC(C)(C)O[C@@H]21. The van der Waals surface area contributed by atoms with Crippen molar-refractivity contribution in [2.24, 2.45) is 0 Å². The number of hydrogen-bond acceptors (Lipinski definition) is 5. The van der Waals surface area contributed by atoms with Gasteiger partial charge in [-0.1, -0.05) is 18.5 Å². The summed E-state index contributed by atoms with van der Waals surface area (Å²) in [6.07, 6.45) is 2.24. The Labute approximate surface area is 137 Å². The molecule has 8 heteroatoms. The number of halogens is 2. The minimum atomic E-state index is -0.696. The topological polar surface area (TPSA) is 58.4 Å². The third kappa shape index (κ3) is 2.26. The molecule has 0 radical (unpaired) electrons. The second-order valence-corrected chi connectivity index (χ2v) is 6.64. The van der Waals surface area contributed by atoms with Crippen LogP contribution < -0.4 is 0 Å². The lowest BCUT2D eigenvalue weighted by atomic mass is 10.1. The third-order valence-corrected chi connectivity index (χ3v) is 4.61. The molecule has 0 bridgehead atoms. The number of fused-ring (bicyclic) bond motifs is 2. The highest BCUT2D eigenvalue weighted by Gasteiger charge is 2.55. The van der Waals surface area contributed by atoms with E-state index < -0.39 is 17.8 Å². The molecule has 2 saturated heterocycles. The molecular weight excluding hydrogens is 325 g/mol. The molecule has 4 atom stereocenters. The van der Waals surface area contributed by atoms with Crippen molar-refractivity contribution in [2.45, 2.75) is 57.5 Å². The first-order valence-electron chi connectivity index (χ1n) is 7.59. The van der Waals surface area contributed by atoms with Gasteiger partial charge in [0.1, 0.15) is 29.3 Å². The lowest BCUT2D eigenvalue weighted by molar-refractivity contribution is -0.196. The lowest BCUT2D eigenvalue weighted by Gasteiger charge is -2.24. The molecule has 2 aromatic heterocycles. The van der Waals surface area contributed by atoms with Crippen molar-refractivity contribution >= 4 is 22.6 Å². The van der Waals surface area contributed by atoms with Crippen molar-refractivity contribution in [2.75, 3.05) is 0 Å². The highest BCUT2D eigenvalue weighted by atomic mass is 35.5. The molecule has 0 unspecified atom stereocenters. The Balaban J connectivity index is 1.81. The summed E-state index contributed by atoms with van der Waals surface area (Å²) < 4.78 is 33.9. The van der Waals surface area contributed by atoms with Crippen LogP contribution in [0, 0.1) is 5.82 Å². The van der Waals surface area contributed by atoms with E-state index in [-0.39, 0.29) is 28.9 Å². The Morgan fingerprint density at radius 3 is 2.78 bits per heavy atom. The second-order valence-electron chi connectivity index (χ2n) is 6.29. The predicted molar refractivity (Wildman–Crippen MR) is 80.5 cm³/mol. The molecule has 2 aromatic rings. The minimum absolute atomic E-state index is 0.0803. The summed E-state index contributed by atoms with van der Waals surface area (Å²) >= 11 is 5.99.